The lowest BCUT2D eigenvalue weighted by Crippen LogP contribution is -2.48. The summed E-state index contributed by atoms with van der Waals surface area (Å²) >= 11 is 6.22. The molecule has 11 heteroatoms. The predicted octanol–water partition coefficient (Wildman–Crippen LogP) is 2.64. The van der Waals surface area contributed by atoms with Gasteiger partial charge in [0.05, 0.1) is 17.3 Å². The first kappa shape index (κ1) is 22.9. The molecule has 0 radical (unpaired) electrons. The van der Waals surface area contributed by atoms with E-state index in [1.807, 2.05) is 4.90 Å². The number of nitrogens with zero attached hydrogens (tertiary/aromatic N) is 2. The third kappa shape index (κ3) is 7.19. The van der Waals surface area contributed by atoms with Gasteiger partial charge in [0.2, 0.25) is 5.91 Å². The number of carbonyl (C=O) groups excluding carboxylic acids is 1. The quantitative estimate of drug-likeness (QED) is 0.613. The summed E-state index contributed by atoms with van der Waals surface area (Å²) in [6, 6.07) is 3.29. The minimum absolute atomic E-state index is 0.0818. The molecule has 0 spiro atoms. The van der Waals surface area contributed by atoms with E-state index in [-0.39, 0.29) is 19.1 Å². The topological polar surface area (TPSA) is 63.3 Å². The van der Waals surface area contributed by atoms with E-state index in [1.165, 1.54) is 0 Å². The maximum atomic E-state index is 12.4. The third-order valence-corrected chi connectivity index (χ3v) is 5.08. The van der Waals surface area contributed by atoms with Crippen molar-refractivity contribution in [2.45, 2.75) is 12.6 Å². The average Bonchev–Trinajstić information content (AvgIpc) is 2.68. The number of fused-ring (bicyclic) bond motifs is 1. The number of nitrogens with one attached hydrogen (secondary N) is 1. The Morgan fingerprint density at radius 1 is 1.10 bits per heavy atom. The summed E-state index contributed by atoms with van der Waals surface area (Å²) in [5, 5.41) is 3.19. The van der Waals surface area contributed by atoms with Gasteiger partial charge in [0.15, 0.2) is 11.5 Å². The first-order valence-corrected chi connectivity index (χ1v) is 10.2. The van der Waals surface area contributed by atoms with E-state index in [0.29, 0.717) is 61.5 Å². The number of ether oxygens (including phenoxy) is 3. The number of carbonyl (C=O) groups is 1. The smallest absolute Gasteiger partial charge is 0.411 e. The highest BCUT2D eigenvalue weighted by Gasteiger charge is 2.27. The number of piperazine rings is 1. The Kier molecular flexibility index (Phi) is 8.04. The number of rotatable bonds is 8. The zero-order chi connectivity index (χ0) is 21.6. The van der Waals surface area contributed by atoms with Crippen LogP contribution in [0.1, 0.15) is 6.42 Å². The molecule has 1 fully saturated rings. The largest absolute Gasteiger partial charge is 0.486 e. The Morgan fingerprint density at radius 2 is 1.73 bits per heavy atom. The van der Waals surface area contributed by atoms with Crippen molar-refractivity contribution in [2.24, 2.45) is 0 Å². The SMILES string of the molecule is O=C(CN1CCN(CCCOCC(F)(F)F)CC1)Nc1cc2c(cc1Cl)OCCO2. The van der Waals surface area contributed by atoms with Crippen LogP contribution < -0.4 is 14.8 Å². The fraction of sp³-hybridized carbons (Fsp3) is 0.632. The Bertz CT molecular complexity index is 728. The van der Waals surface area contributed by atoms with Gasteiger partial charge in [-0.1, -0.05) is 11.6 Å². The highest BCUT2D eigenvalue weighted by Crippen LogP contribution is 2.37. The second-order valence-corrected chi connectivity index (χ2v) is 7.57. The summed E-state index contributed by atoms with van der Waals surface area (Å²) in [6.45, 7) is 3.58. The molecule has 1 amide bonds. The fourth-order valence-electron chi connectivity index (χ4n) is 3.30. The number of halogens is 4. The maximum absolute atomic E-state index is 12.4. The number of anilines is 1. The van der Waals surface area contributed by atoms with Crippen LogP contribution in [0.4, 0.5) is 18.9 Å². The lowest BCUT2D eigenvalue weighted by Gasteiger charge is -2.34. The monoisotopic (exact) mass is 451 g/mol. The first-order chi connectivity index (χ1) is 14.3. The standard InChI is InChI=1S/C19H25ClF3N3O4/c20-14-10-16-17(30-9-8-29-16)11-15(14)24-18(27)12-26-5-3-25(4-6-26)2-1-7-28-13-19(21,22)23/h10-11H,1-9,12-13H2,(H,24,27). The van der Waals surface area contributed by atoms with E-state index >= 15 is 0 Å². The van der Waals surface area contributed by atoms with Gasteiger partial charge in [-0.2, -0.15) is 13.2 Å². The van der Waals surface area contributed by atoms with E-state index in [2.05, 4.69) is 15.0 Å². The van der Waals surface area contributed by atoms with Crippen LogP contribution in [0.25, 0.3) is 0 Å². The van der Waals surface area contributed by atoms with Crippen LogP contribution >= 0.6 is 11.6 Å². The van der Waals surface area contributed by atoms with Crippen molar-refractivity contribution in [1.29, 1.82) is 0 Å². The van der Waals surface area contributed by atoms with Gasteiger partial charge in [-0.25, -0.2) is 0 Å². The summed E-state index contributed by atoms with van der Waals surface area (Å²) < 4.78 is 51.7. The number of hydrogen-bond acceptors (Lipinski definition) is 6. The molecular formula is C19H25ClF3N3O4. The van der Waals surface area contributed by atoms with Crippen molar-refractivity contribution in [3.63, 3.8) is 0 Å². The van der Waals surface area contributed by atoms with Crippen molar-refractivity contribution in [3.8, 4) is 11.5 Å². The lowest BCUT2D eigenvalue weighted by molar-refractivity contribution is -0.174. The van der Waals surface area contributed by atoms with Gasteiger partial charge in [-0.05, 0) is 6.42 Å². The molecule has 0 aromatic heterocycles. The molecule has 0 aliphatic carbocycles. The van der Waals surface area contributed by atoms with Gasteiger partial charge >= 0.3 is 6.18 Å². The normalized spacial score (nSPS) is 17.7. The van der Waals surface area contributed by atoms with Crippen molar-refractivity contribution < 1.29 is 32.2 Å². The molecule has 2 aliphatic heterocycles. The number of amides is 1. The second kappa shape index (κ2) is 10.5. The second-order valence-electron chi connectivity index (χ2n) is 7.16. The van der Waals surface area contributed by atoms with Crippen molar-refractivity contribution in [1.82, 2.24) is 9.80 Å². The first-order valence-electron chi connectivity index (χ1n) is 9.78. The van der Waals surface area contributed by atoms with E-state index in [1.54, 1.807) is 12.1 Å². The van der Waals surface area contributed by atoms with E-state index < -0.39 is 12.8 Å². The fourth-order valence-corrected chi connectivity index (χ4v) is 3.50. The Morgan fingerprint density at radius 3 is 2.40 bits per heavy atom. The van der Waals surface area contributed by atoms with Gasteiger partial charge < -0.3 is 24.4 Å². The Balaban J connectivity index is 1.35. The maximum Gasteiger partial charge on any atom is 0.411 e. The van der Waals surface area contributed by atoms with Crippen LogP contribution in [-0.4, -0.2) is 87.6 Å². The molecule has 0 bridgehead atoms. The molecule has 168 valence electrons. The molecule has 1 aromatic carbocycles. The number of benzene rings is 1. The molecule has 0 saturated carbocycles. The molecule has 3 rings (SSSR count). The minimum Gasteiger partial charge on any atom is -0.486 e. The van der Waals surface area contributed by atoms with Crippen LogP contribution in [0.3, 0.4) is 0 Å². The highest BCUT2D eigenvalue weighted by atomic mass is 35.5. The predicted molar refractivity (Wildman–Crippen MR) is 105 cm³/mol. The van der Waals surface area contributed by atoms with Crippen LogP contribution in [-0.2, 0) is 9.53 Å². The molecule has 7 nitrogen and oxygen atoms in total. The zero-order valence-corrected chi connectivity index (χ0v) is 17.2. The summed E-state index contributed by atoms with van der Waals surface area (Å²) in [6.07, 6.45) is -3.74. The number of alkyl halides is 3. The molecule has 2 heterocycles. The molecule has 1 N–H and O–H groups in total. The highest BCUT2D eigenvalue weighted by molar-refractivity contribution is 6.34. The van der Waals surface area contributed by atoms with Gasteiger partial charge in [0.25, 0.3) is 0 Å². The van der Waals surface area contributed by atoms with Gasteiger partial charge in [0, 0.05) is 51.5 Å². The summed E-state index contributed by atoms with van der Waals surface area (Å²) in [4.78, 5) is 16.6. The van der Waals surface area contributed by atoms with E-state index in [0.717, 1.165) is 13.1 Å². The molecule has 1 aromatic rings. The van der Waals surface area contributed by atoms with Crippen LogP contribution in [0, 0.1) is 0 Å². The average molecular weight is 452 g/mol. The Hall–Kier alpha value is -1.75. The molecule has 0 atom stereocenters. The molecule has 2 aliphatic rings. The van der Waals surface area contributed by atoms with E-state index in [4.69, 9.17) is 21.1 Å². The van der Waals surface area contributed by atoms with E-state index in [9.17, 15) is 18.0 Å². The van der Waals surface area contributed by atoms with Crippen LogP contribution in [0.5, 0.6) is 11.5 Å². The summed E-state index contributed by atoms with van der Waals surface area (Å²) in [7, 11) is 0. The molecule has 1 saturated heterocycles. The van der Waals surface area contributed by atoms with Gasteiger partial charge in [-0.3, -0.25) is 9.69 Å². The van der Waals surface area contributed by atoms with Crippen LogP contribution in [0.2, 0.25) is 5.02 Å². The zero-order valence-electron chi connectivity index (χ0n) is 16.5. The molecule has 0 unspecified atom stereocenters. The molecule has 30 heavy (non-hydrogen) atoms. The van der Waals surface area contributed by atoms with Crippen molar-refractivity contribution in [2.75, 3.05) is 71.0 Å². The van der Waals surface area contributed by atoms with Gasteiger partial charge in [0.1, 0.15) is 19.8 Å². The minimum atomic E-state index is -4.28. The lowest BCUT2D eigenvalue weighted by atomic mass is 10.2. The molecular weight excluding hydrogens is 427 g/mol. The van der Waals surface area contributed by atoms with Crippen molar-refractivity contribution in [3.05, 3.63) is 17.2 Å². The van der Waals surface area contributed by atoms with Crippen molar-refractivity contribution >= 4 is 23.2 Å². The third-order valence-electron chi connectivity index (χ3n) is 4.77. The summed E-state index contributed by atoms with van der Waals surface area (Å²) in [5.41, 5.74) is 0.475. The number of hydrogen-bond donors (Lipinski definition) is 1. The summed E-state index contributed by atoms with van der Waals surface area (Å²) in [5.74, 6) is 0.931. The van der Waals surface area contributed by atoms with Crippen LogP contribution in [0.15, 0.2) is 12.1 Å². The van der Waals surface area contributed by atoms with Gasteiger partial charge in [-0.15, -0.1) is 0 Å². The Labute approximate surface area is 178 Å².